The molecule has 0 atom stereocenters. The summed E-state index contributed by atoms with van der Waals surface area (Å²) in [5.41, 5.74) is 5.28. The summed E-state index contributed by atoms with van der Waals surface area (Å²) in [4.78, 5) is 28.0. The predicted octanol–water partition coefficient (Wildman–Crippen LogP) is 2.11. The van der Waals surface area contributed by atoms with Crippen LogP contribution in [-0.4, -0.2) is 47.9 Å². The average molecular weight is 363 g/mol. The van der Waals surface area contributed by atoms with E-state index in [1.165, 1.54) is 0 Å². The van der Waals surface area contributed by atoms with Crippen LogP contribution in [0.15, 0.2) is 47.1 Å². The van der Waals surface area contributed by atoms with Gasteiger partial charge in [0.2, 0.25) is 0 Å². The van der Waals surface area contributed by atoms with Crippen molar-refractivity contribution in [1.82, 2.24) is 20.7 Å². The molecule has 1 aliphatic rings. The maximum absolute atomic E-state index is 12.2. The van der Waals surface area contributed by atoms with Gasteiger partial charge in [-0.05, 0) is 36.4 Å². The molecule has 3 amide bonds. The summed E-state index contributed by atoms with van der Waals surface area (Å²) < 4.78 is 5.33. The zero-order chi connectivity index (χ0) is 17.6. The largest absolute Gasteiger partial charge is 0.468 e. The summed E-state index contributed by atoms with van der Waals surface area (Å²) in [5, 5.41) is 0.549. The highest BCUT2D eigenvalue weighted by atomic mass is 35.5. The third-order valence-corrected chi connectivity index (χ3v) is 4.26. The van der Waals surface area contributed by atoms with Crippen molar-refractivity contribution in [2.75, 3.05) is 26.2 Å². The molecule has 7 nitrogen and oxygen atoms in total. The van der Waals surface area contributed by atoms with E-state index in [9.17, 15) is 9.59 Å². The molecule has 2 aromatic rings. The minimum absolute atomic E-state index is 0.319. The van der Waals surface area contributed by atoms with Gasteiger partial charge < -0.3 is 9.32 Å². The molecule has 0 saturated carbocycles. The smallest absolute Gasteiger partial charge is 0.336 e. The Bertz CT molecular complexity index is 710. The van der Waals surface area contributed by atoms with Crippen LogP contribution in [0.5, 0.6) is 0 Å². The molecule has 1 aliphatic heterocycles. The van der Waals surface area contributed by atoms with Gasteiger partial charge in [0.15, 0.2) is 0 Å². The number of rotatable bonds is 3. The molecular weight excluding hydrogens is 344 g/mol. The highest BCUT2D eigenvalue weighted by molar-refractivity contribution is 6.30. The fourth-order valence-electron chi connectivity index (χ4n) is 2.59. The average Bonchev–Trinajstić information content (AvgIpc) is 3.13. The van der Waals surface area contributed by atoms with Gasteiger partial charge in [-0.15, -0.1) is 0 Å². The molecule has 132 valence electrons. The number of urea groups is 1. The van der Waals surface area contributed by atoms with E-state index in [4.69, 9.17) is 16.0 Å². The second-order valence-electron chi connectivity index (χ2n) is 5.73. The number of halogens is 1. The predicted molar refractivity (Wildman–Crippen MR) is 93.0 cm³/mol. The van der Waals surface area contributed by atoms with Gasteiger partial charge in [-0.3, -0.25) is 15.1 Å². The lowest BCUT2D eigenvalue weighted by molar-refractivity contribution is 0.0917. The molecule has 2 N–H and O–H groups in total. The van der Waals surface area contributed by atoms with Crippen LogP contribution >= 0.6 is 11.6 Å². The number of amides is 3. The summed E-state index contributed by atoms with van der Waals surface area (Å²) in [6, 6.07) is 9.91. The normalized spacial score (nSPS) is 15.0. The molecule has 0 unspecified atom stereocenters. The SMILES string of the molecule is O=C(NNC(=O)N1CCN(Cc2ccco2)CC1)c1ccc(Cl)cc1. The minimum atomic E-state index is -0.388. The van der Waals surface area contributed by atoms with E-state index >= 15 is 0 Å². The number of carbonyl (C=O) groups excluding carboxylic acids is 2. The quantitative estimate of drug-likeness (QED) is 0.820. The second-order valence-corrected chi connectivity index (χ2v) is 6.17. The lowest BCUT2D eigenvalue weighted by atomic mass is 10.2. The summed E-state index contributed by atoms with van der Waals surface area (Å²) in [5.74, 6) is 0.523. The molecule has 1 fully saturated rings. The van der Waals surface area contributed by atoms with Gasteiger partial charge in [-0.25, -0.2) is 10.2 Å². The number of hydrogen-bond acceptors (Lipinski definition) is 4. The topological polar surface area (TPSA) is 77.8 Å². The number of piperazine rings is 1. The van der Waals surface area contributed by atoms with Crippen molar-refractivity contribution in [2.24, 2.45) is 0 Å². The maximum Gasteiger partial charge on any atom is 0.336 e. The Labute approximate surface area is 150 Å². The number of hydrogen-bond donors (Lipinski definition) is 2. The molecule has 1 aromatic carbocycles. The van der Waals surface area contributed by atoms with E-state index in [0.29, 0.717) is 23.7 Å². The van der Waals surface area contributed by atoms with Crippen molar-refractivity contribution < 1.29 is 14.0 Å². The molecule has 8 heteroatoms. The van der Waals surface area contributed by atoms with Crippen molar-refractivity contribution in [1.29, 1.82) is 0 Å². The van der Waals surface area contributed by atoms with E-state index in [2.05, 4.69) is 15.8 Å². The van der Waals surface area contributed by atoms with Crippen molar-refractivity contribution in [3.05, 3.63) is 59.0 Å². The van der Waals surface area contributed by atoms with Crippen LogP contribution in [0.1, 0.15) is 16.1 Å². The lowest BCUT2D eigenvalue weighted by Gasteiger charge is -2.34. The van der Waals surface area contributed by atoms with Gasteiger partial charge in [-0.2, -0.15) is 0 Å². The highest BCUT2D eigenvalue weighted by Gasteiger charge is 2.22. The van der Waals surface area contributed by atoms with E-state index < -0.39 is 0 Å². The summed E-state index contributed by atoms with van der Waals surface area (Å²) in [6.45, 7) is 3.40. The highest BCUT2D eigenvalue weighted by Crippen LogP contribution is 2.10. The molecule has 3 rings (SSSR count). The standard InChI is InChI=1S/C17H19ClN4O3/c18-14-5-3-13(4-6-14)16(23)19-20-17(24)22-9-7-21(8-10-22)12-15-2-1-11-25-15/h1-6,11H,7-10,12H2,(H,19,23)(H,20,24). The molecular formula is C17H19ClN4O3. The fourth-order valence-corrected chi connectivity index (χ4v) is 2.72. The zero-order valence-corrected chi connectivity index (χ0v) is 14.3. The molecule has 0 radical (unpaired) electrons. The third kappa shape index (κ3) is 4.74. The van der Waals surface area contributed by atoms with Crippen LogP contribution < -0.4 is 10.9 Å². The molecule has 1 aromatic heterocycles. The molecule has 0 bridgehead atoms. The first kappa shape index (κ1) is 17.3. The Morgan fingerprint density at radius 1 is 1.04 bits per heavy atom. The first-order chi connectivity index (χ1) is 12.1. The monoisotopic (exact) mass is 362 g/mol. The molecule has 25 heavy (non-hydrogen) atoms. The van der Waals surface area contributed by atoms with Crippen LogP contribution in [0, 0.1) is 0 Å². The van der Waals surface area contributed by atoms with E-state index in [1.54, 1.807) is 35.4 Å². The van der Waals surface area contributed by atoms with Crippen molar-refractivity contribution in [3.63, 3.8) is 0 Å². The number of nitrogens with one attached hydrogen (secondary N) is 2. The van der Waals surface area contributed by atoms with Gasteiger partial charge in [0.1, 0.15) is 5.76 Å². The Kier molecular flexibility index (Phi) is 5.57. The maximum atomic E-state index is 12.2. The minimum Gasteiger partial charge on any atom is -0.468 e. The Morgan fingerprint density at radius 3 is 2.40 bits per heavy atom. The molecule has 1 saturated heterocycles. The van der Waals surface area contributed by atoms with E-state index in [1.807, 2.05) is 12.1 Å². The molecule has 0 spiro atoms. The number of benzene rings is 1. The first-order valence-electron chi connectivity index (χ1n) is 7.97. The van der Waals surface area contributed by atoms with Crippen LogP contribution in [0.4, 0.5) is 4.79 Å². The van der Waals surface area contributed by atoms with Crippen molar-refractivity contribution in [2.45, 2.75) is 6.54 Å². The fraction of sp³-hybridized carbons (Fsp3) is 0.294. The zero-order valence-electron chi connectivity index (χ0n) is 13.6. The lowest BCUT2D eigenvalue weighted by Crippen LogP contribution is -2.54. The van der Waals surface area contributed by atoms with Gasteiger partial charge >= 0.3 is 6.03 Å². The number of hydrazine groups is 1. The van der Waals surface area contributed by atoms with Crippen LogP contribution in [-0.2, 0) is 6.54 Å². The van der Waals surface area contributed by atoms with Gasteiger partial charge in [-0.1, -0.05) is 11.6 Å². The third-order valence-electron chi connectivity index (χ3n) is 4.01. The number of furan rings is 1. The van der Waals surface area contributed by atoms with E-state index in [0.717, 1.165) is 25.4 Å². The Hall–Kier alpha value is -2.51. The first-order valence-corrected chi connectivity index (χ1v) is 8.35. The van der Waals surface area contributed by atoms with Gasteiger partial charge in [0.25, 0.3) is 5.91 Å². The molecule has 0 aliphatic carbocycles. The van der Waals surface area contributed by atoms with Gasteiger partial charge in [0.05, 0.1) is 12.8 Å². The van der Waals surface area contributed by atoms with Crippen molar-refractivity contribution in [3.8, 4) is 0 Å². The van der Waals surface area contributed by atoms with Crippen LogP contribution in [0.3, 0.4) is 0 Å². The summed E-state index contributed by atoms with van der Waals surface area (Å²) >= 11 is 5.78. The Morgan fingerprint density at radius 2 is 1.76 bits per heavy atom. The van der Waals surface area contributed by atoms with Crippen molar-refractivity contribution >= 4 is 23.5 Å². The summed E-state index contributed by atoms with van der Waals surface area (Å²) in [6.07, 6.45) is 1.66. The number of nitrogens with zero attached hydrogens (tertiary/aromatic N) is 2. The van der Waals surface area contributed by atoms with Crippen LogP contribution in [0.2, 0.25) is 5.02 Å². The van der Waals surface area contributed by atoms with Crippen LogP contribution in [0.25, 0.3) is 0 Å². The van der Waals surface area contributed by atoms with Gasteiger partial charge in [0, 0.05) is 36.8 Å². The Balaban J connectivity index is 1.42. The second kappa shape index (κ2) is 8.04. The summed E-state index contributed by atoms with van der Waals surface area (Å²) in [7, 11) is 0. The number of carbonyl (C=O) groups is 2. The van der Waals surface area contributed by atoms with E-state index in [-0.39, 0.29) is 11.9 Å². The molecule has 2 heterocycles.